The number of carbonyl (C=O) groups excluding carboxylic acids is 4. The Kier molecular flexibility index (Phi) is 10.1. The van der Waals surface area contributed by atoms with Gasteiger partial charge < -0.3 is 26.3 Å². The highest BCUT2D eigenvalue weighted by Crippen LogP contribution is 2.52. The number of rotatable bonds is 12. The molecule has 3 saturated carbocycles. The number of amides is 3. The molecule has 9 nitrogen and oxygen atoms in total. The first kappa shape index (κ1) is 32.4. The number of Topliss-reactive ketones (excluding diaryl/α,β-unsaturated/α-hetero) is 1. The zero-order valence-electron chi connectivity index (χ0n) is 25.8. The van der Waals surface area contributed by atoms with E-state index in [4.69, 9.17) is 17.0 Å². The molecule has 2 bridgehead atoms. The third kappa shape index (κ3) is 7.64. The maximum atomic E-state index is 14.2. The van der Waals surface area contributed by atoms with Gasteiger partial charge in [-0.3, -0.25) is 19.2 Å². The van der Waals surface area contributed by atoms with Gasteiger partial charge in [0.25, 0.3) is 0 Å². The molecule has 0 radical (unpaired) electrons. The van der Waals surface area contributed by atoms with Gasteiger partial charge >= 0.3 is 0 Å². The van der Waals surface area contributed by atoms with E-state index >= 15 is 0 Å². The summed E-state index contributed by atoms with van der Waals surface area (Å²) in [6.07, 6.45) is 7.19. The molecule has 0 aliphatic heterocycles. The van der Waals surface area contributed by atoms with Crippen molar-refractivity contribution in [3.8, 4) is 0 Å². The lowest BCUT2D eigenvalue weighted by molar-refractivity contribution is -0.138. The van der Waals surface area contributed by atoms with Crippen LogP contribution in [-0.4, -0.2) is 46.8 Å². The van der Waals surface area contributed by atoms with Crippen molar-refractivity contribution in [3.63, 3.8) is 0 Å². The normalized spacial score (nSPS) is 23.8. The second kappa shape index (κ2) is 14.0. The summed E-state index contributed by atoms with van der Waals surface area (Å²) >= 11 is 5.99. The second-order valence-corrected chi connectivity index (χ2v) is 13.5. The van der Waals surface area contributed by atoms with Gasteiger partial charge in [0.15, 0.2) is 5.78 Å². The quantitative estimate of drug-likeness (QED) is 0.160. The summed E-state index contributed by atoms with van der Waals surface area (Å²) < 4.78 is 0. The Morgan fingerprint density at radius 3 is 2.51 bits per heavy atom. The standard InChI is InChI=1S/C35H42ClN5O4/c1-21-15-23-13-14-35(17-21,18-22(23)2)34(45)41-31(16-24-20-38-29-6-4-3-5-28(24)29)33(44)40-30(12-11-27(42)19-37)32(43)39-26-9-7-25(36)8-10-26/h3-10,19-23,30-31,37-38H,11-18H2,1-2H3,(H,39,43)(H,40,44)(H,41,45)/t21?,22?,23?,30-,31-,35?/m0/s1. The van der Waals surface area contributed by atoms with E-state index in [1.165, 1.54) is 0 Å². The van der Waals surface area contributed by atoms with Crippen molar-refractivity contribution in [1.82, 2.24) is 15.6 Å². The molecule has 3 amide bonds. The van der Waals surface area contributed by atoms with E-state index in [1.54, 1.807) is 24.3 Å². The fraction of sp³-hybridized carbons (Fsp3) is 0.457. The first-order chi connectivity index (χ1) is 21.6. The first-order valence-corrected chi connectivity index (χ1v) is 16.2. The highest BCUT2D eigenvalue weighted by molar-refractivity contribution is 6.30. The van der Waals surface area contributed by atoms with Crippen molar-refractivity contribution in [3.05, 3.63) is 65.3 Å². The number of halogens is 1. The minimum atomic E-state index is -1.08. The van der Waals surface area contributed by atoms with Gasteiger partial charge in [-0.25, -0.2) is 0 Å². The Morgan fingerprint density at radius 1 is 1.02 bits per heavy atom. The number of para-hydroxylation sites is 1. The van der Waals surface area contributed by atoms with Crippen molar-refractivity contribution >= 4 is 57.9 Å². The minimum Gasteiger partial charge on any atom is -0.361 e. The van der Waals surface area contributed by atoms with E-state index < -0.39 is 35.1 Å². The highest BCUT2D eigenvalue weighted by atomic mass is 35.5. The molecule has 3 fully saturated rings. The molecule has 3 aliphatic rings. The third-order valence-electron chi connectivity index (χ3n) is 9.74. The van der Waals surface area contributed by atoms with Gasteiger partial charge in [0.1, 0.15) is 12.1 Å². The highest BCUT2D eigenvalue weighted by Gasteiger charge is 2.49. The van der Waals surface area contributed by atoms with E-state index in [1.807, 2.05) is 30.5 Å². The lowest BCUT2D eigenvalue weighted by atomic mass is 9.66. The predicted molar refractivity (Wildman–Crippen MR) is 176 cm³/mol. The smallest absolute Gasteiger partial charge is 0.246 e. The molecule has 0 spiro atoms. The Labute approximate surface area is 268 Å². The van der Waals surface area contributed by atoms with E-state index in [9.17, 15) is 19.2 Å². The molecule has 1 heterocycles. The van der Waals surface area contributed by atoms with Gasteiger partial charge in [0, 0.05) is 46.1 Å². The predicted octanol–water partition coefficient (Wildman–Crippen LogP) is 5.82. The van der Waals surface area contributed by atoms with Crippen LogP contribution < -0.4 is 16.0 Å². The number of aromatic amines is 1. The average Bonchev–Trinajstić information content (AvgIpc) is 3.28. The molecule has 2 aromatic carbocycles. The molecular weight excluding hydrogens is 590 g/mol. The molecule has 6 rings (SSSR count). The molecule has 5 N–H and O–H groups in total. The SMILES string of the molecule is CC1CC2CCC(C(=O)N[C@@H](Cc3c[nH]c4ccccc34)C(=O)N[C@@H](CCC(=O)C=N)C(=O)Nc3ccc(Cl)cc3)(C1)CC2C. The Hall–Kier alpha value is -3.98. The van der Waals surface area contributed by atoms with Crippen molar-refractivity contribution < 1.29 is 19.2 Å². The van der Waals surface area contributed by atoms with Gasteiger partial charge in [0.05, 0.1) is 6.21 Å². The second-order valence-electron chi connectivity index (χ2n) is 13.1. The number of H-pyrrole nitrogens is 1. The summed E-state index contributed by atoms with van der Waals surface area (Å²) in [4.78, 5) is 57.0. The summed E-state index contributed by atoms with van der Waals surface area (Å²) in [5, 5.41) is 17.5. The number of nitrogens with one attached hydrogen (secondary N) is 5. The maximum Gasteiger partial charge on any atom is 0.246 e. The molecule has 238 valence electrons. The fourth-order valence-corrected chi connectivity index (χ4v) is 7.56. The van der Waals surface area contributed by atoms with Crippen LogP contribution in [0.5, 0.6) is 0 Å². The van der Waals surface area contributed by atoms with Crippen molar-refractivity contribution in [2.45, 2.75) is 77.3 Å². The molecule has 6 atom stereocenters. The van der Waals surface area contributed by atoms with Crippen LogP contribution >= 0.6 is 11.6 Å². The zero-order valence-corrected chi connectivity index (χ0v) is 26.6. The summed E-state index contributed by atoms with van der Waals surface area (Å²) in [6.45, 7) is 4.45. The van der Waals surface area contributed by atoms with Gasteiger partial charge in [-0.2, -0.15) is 0 Å². The Balaban J connectivity index is 1.40. The topological polar surface area (TPSA) is 144 Å². The summed E-state index contributed by atoms with van der Waals surface area (Å²) in [5.41, 5.74) is 1.74. The van der Waals surface area contributed by atoms with E-state index in [2.05, 4.69) is 34.8 Å². The summed E-state index contributed by atoms with van der Waals surface area (Å²) in [7, 11) is 0. The number of aromatic nitrogens is 1. The van der Waals surface area contributed by atoms with Crippen molar-refractivity contribution in [2.75, 3.05) is 5.32 Å². The van der Waals surface area contributed by atoms with E-state index in [0.717, 1.165) is 48.6 Å². The number of anilines is 1. The maximum absolute atomic E-state index is 14.2. The largest absolute Gasteiger partial charge is 0.361 e. The molecule has 3 aliphatic carbocycles. The number of hydrogen-bond donors (Lipinski definition) is 5. The van der Waals surface area contributed by atoms with Gasteiger partial charge in [-0.05, 0) is 92.2 Å². The van der Waals surface area contributed by atoms with Crippen LogP contribution in [0.1, 0.15) is 64.4 Å². The number of carbonyl (C=O) groups is 4. The molecule has 4 unspecified atom stereocenters. The number of hydrogen-bond acceptors (Lipinski definition) is 5. The van der Waals surface area contributed by atoms with Gasteiger partial charge in [0.2, 0.25) is 17.7 Å². The number of ketones is 1. The third-order valence-corrected chi connectivity index (χ3v) is 10.00. The average molecular weight is 632 g/mol. The van der Waals surface area contributed by atoms with Crippen LogP contribution in [0.15, 0.2) is 54.7 Å². The number of fused-ring (bicyclic) bond motifs is 5. The van der Waals surface area contributed by atoms with Crippen molar-refractivity contribution in [2.24, 2.45) is 23.2 Å². The van der Waals surface area contributed by atoms with Gasteiger partial charge in [-0.15, -0.1) is 0 Å². The van der Waals surface area contributed by atoms with Crippen LogP contribution in [0.2, 0.25) is 5.02 Å². The van der Waals surface area contributed by atoms with Crippen LogP contribution in [0, 0.1) is 28.6 Å². The monoisotopic (exact) mass is 631 g/mol. The van der Waals surface area contributed by atoms with Crippen molar-refractivity contribution in [1.29, 1.82) is 5.41 Å². The Morgan fingerprint density at radius 2 is 1.78 bits per heavy atom. The molecule has 1 aromatic heterocycles. The lowest BCUT2D eigenvalue weighted by Gasteiger charge is -2.40. The lowest BCUT2D eigenvalue weighted by Crippen LogP contribution is -2.56. The van der Waals surface area contributed by atoms with Gasteiger partial charge in [-0.1, -0.05) is 43.6 Å². The summed E-state index contributed by atoms with van der Waals surface area (Å²) in [5.74, 6) is -0.108. The summed E-state index contributed by atoms with van der Waals surface area (Å²) in [6, 6.07) is 12.3. The molecule has 3 aromatic rings. The first-order valence-electron chi connectivity index (χ1n) is 15.8. The van der Waals surface area contributed by atoms with Crippen LogP contribution in [-0.2, 0) is 25.6 Å². The van der Waals surface area contributed by atoms with E-state index in [0.29, 0.717) is 34.7 Å². The number of benzene rings is 2. The fourth-order valence-electron chi connectivity index (χ4n) is 7.44. The van der Waals surface area contributed by atoms with Crippen LogP contribution in [0.25, 0.3) is 10.9 Å². The molecular formula is C35H42ClN5O4. The van der Waals surface area contributed by atoms with E-state index in [-0.39, 0.29) is 25.2 Å². The minimum absolute atomic E-state index is 0.00646. The Bertz CT molecular complexity index is 1570. The van der Waals surface area contributed by atoms with Crippen LogP contribution in [0.3, 0.4) is 0 Å². The molecule has 0 saturated heterocycles. The zero-order chi connectivity index (χ0) is 32.1. The molecule has 10 heteroatoms. The van der Waals surface area contributed by atoms with Crippen LogP contribution in [0.4, 0.5) is 5.69 Å². The molecule has 45 heavy (non-hydrogen) atoms.